The van der Waals surface area contributed by atoms with E-state index in [-0.39, 0.29) is 17.9 Å². The Hall–Kier alpha value is -2.57. The molecule has 0 aromatic heterocycles. The number of carbonyl (C=O) groups is 2. The highest BCUT2D eigenvalue weighted by Gasteiger charge is 2.64. The van der Waals surface area contributed by atoms with Crippen molar-refractivity contribution in [1.82, 2.24) is 0 Å². The van der Waals surface area contributed by atoms with Crippen LogP contribution in [-0.2, 0) is 15.1 Å². The van der Waals surface area contributed by atoms with E-state index in [4.69, 9.17) is 16.3 Å². The molecule has 1 saturated heterocycles. The maximum atomic E-state index is 13.4. The summed E-state index contributed by atoms with van der Waals surface area (Å²) in [5.41, 5.74) is 1.17. The number of benzene rings is 2. The van der Waals surface area contributed by atoms with Crippen molar-refractivity contribution in [3.63, 3.8) is 0 Å². The van der Waals surface area contributed by atoms with Gasteiger partial charge in [-0.15, -0.1) is 0 Å². The second-order valence-electron chi connectivity index (χ2n) is 8.09. The van der Waals surface area contributed by atoms with Gasteiger partial charge in [-0.2, -0.15) is 0 Å². The zero-order valence-corrected chi connectivity index (χ0v) is 17.4. The molecule has 0 bridgehead atoms. The predicted octanol–water partition coefficient (Wildman–Crippen LogP) is 2.74. The first kappa shape index (κ1) is 19.7. The molecule has 2 aromatic rings. The molecular weight excluding hydrogens is 390 g/mol. The van der Waals surface area contributed by atoms with Crippen molar-refractivity contribution in [3.8, 4) is 5.75 Å². The normalized spacial score (nSPS) is 25.2. The molecule has 2 aliphatic heterocycles. The highest BCUT2D eigenvalue weighted by Crippen LogP contribution is 2.44. The summed E-state index contributed by atoms with van der Waals surface area (Å²) in [5.74, 6) is 0.191. The molecule has 1 fully saturated rings. The Morgan fingerprint density at radius 3 is 2.66 bits per heavy atom. The summed E-state index contributed by atoms with van der Waals surface area (Å²) in [4.78, 5) is 26.6. The van der Waals surface area contributed by atoms with Crippen LogP contribution in [0.15, 0.2) is 42.5 Å². The van der Waals surface area contributed by atoms with E-state index in [1.54, 1.807) is 43.5 Å². The number of rotatable bonds is 4. The molecule has 2 amide bonds. The molecule has 4 N–H and O–H groups in total. The number of ether oxygens (including phenoxy) is 1. The van der Waals surface area contributed by atoms with Crippen LogP contribution in [0.3, 0.4) is 0 Å². The maximum absolute atomic E-state index is 13.4. The average molecular weight is 415 g/mol. The fourth-order valence-electron chi connectivity index (χ4n) is 4.49. The monoisotopic (exact) mass is 414 g/mol. The Balaban J connectivity index is 1.71. The van der Waals surface area contributed by atoms with Gasteiger partial charge < -0.3 is 20.7 Å². The Morgan fingerprint density at radius 2 is 2.00 bits per heavy atom. The number of hydrogen-bond donors (Lipinski definition) is 3. The van der Waals surface area contributed by atoms with Crippen molar-refractivity contribution in [3.05, 3.63) is 53.1 Å². The van der Waals surface area contributed by atoms with Crippen molar-refractivity contribution in [2.24, 2.45) is 11.8 Å². The first-order valence-corrected chi connectivity index (χ1v) is 10.2. The third-order valence-corrected chi connectivity index (χ3v) is 6.35. The van der Waals surface area contributed by atoms with Gasteiger partial charge in [0.25, 0.3) is 5.91 Å². The van der Waals surface area contributed by atoms with Gasteiger partial charge >= 0.3 is 0 Å². The molecule has 1 spiro atoms. The molecule has 4 rings (SSSR count). The van der Waals surface area contributed by atoms with E-state index < -0.39 is 11.5 Å². The number of hydrogen-bond acceptors (Lipinski definition) is 3. The minimum absolute atomic E-state index is 0.150. The fourth-order valence-corrected chi connectivity index (χ4v) is 4.66. The summed E-state index contributed by atoms with van der Waals surface area (Å²) >= 11 is 6.25. The van der Waals surface area contributed by atoms with Crippen molar-refractivity contribution < 1.29 is 19.6 Å². The van der Waals surface area contributed by atoms with E-state index >= 15 is 0 Å². The number of halogens is 1. The Kier molecular flexibility index (Phi) is 5.00. The minimum atomic E-state index is -1.01. The number of anilines is 2. The summed E-state index contributed by atoms with van der Waals surface area (Å²) in [5, 5.41) is 8.55. The van der Waals surface area contributed by atoms with Crippen molar-refractivity contribution in [2.45, 2.75) is 31.8 Å². The van der Waals surface area contributed by atoms with Crippen LogP contribution in [0.25, 0.3) is 0 Å². The van der Waals surface area contributed by atoms with Crippen LogP contribution >= 0.6 is 11.6 Å². The summed E-state index contributed by atoms with van der Waals surface area (Å²) in [6.07, 6.45) is 0.610. The van der Waals surface area contributed by atoms with E-state index in [1.165, 1.54) is 0 Å². The molecule has 2 heterocycles. The lowest BCUT2D eigenvalue weighted by Gasteiger charge is -2.26. The maximum Gasteiger partial charge on any atom is 0.291 e. The second-order valence-corrected chi connectivity index (χ2v) is 8.53. The molecule has 3 atom stereocenters. The molecule has 0 saturated carbocycles. The third kappa shape index (κ3) is 3.26. The van der Waals surface area contributed by atoms with Gasteiger partial charge in [0.05, 0.1) is 18.8 Å². The van der Waals surface area contributed by atoms with Crippen molar-refractivity contribution in [2.75, 3.05) is 17.7 Å². The summed E-state index contributed by atoms with van der Waals surface area (Å²) in [6, 6.07) is 12.7. The van der Waals surface area contributed by atoms with Crippen molar-refractivity contribution >= 4 is 34.8 Å². The summed E-state index contributed by atoms with van der Waals surface area (Å²) in [6.45, 7) is 4.23. The van der Waals surface area contributed by atoms with Crippen LogP contribution in [0.1, 0.15) is 25.8 Å². The number of methoxy groups -OCH3 is 1. The van der Waals surface area contributed by atoms with Gasteiger partial charge in [-0.3, -0.25) is 9.59 Å². The number of carbonyl (C=O) groups excluding carboxylic acids is 2. The molecular formula is C22H25ClN3O3+. The molecule has 2 aliphatic rings. The first-order valence-electron chi connectivity index (χ1n) is 9.77. The largest absolute Gasteiger partial charge is 0.497 e. The van der Waals surface area contributed by atoms with Crippen LogP contribution in [0, 0.1) is 11.8 Å². The molecule has 152 valence electrons. The van der Waals surface area contributed by atoms with Gasteiger partial charge in [-0.1, -0.05) is 25.4 Å². The van der Waals surface area contributed by atoms with E-state index in [9.17, 15) is 9.59 Å². The molecule has 2 aromatic carbocycles. The topological polar surface area (TPSA) is 84.0 Å². The van der Waals surface area contributed by atoms with Crippen LogP contribution in [0.5, 0.6) is 5.75 Å². The SMILES string of the molecule is COc1ccc(NC(=O)[C@H]2C[C@H](C(C)C)[NH2+][C@]23C(=O)Nc2ccc(Cl)cc23)cc1. The first-order chi connectivity index (χ1) is 13.8. The minimum Gasteiger partial charge on any atom is -0.497 e. The van der Waals surface area contributed by atoms with Gasteiger partial charge in [0.2, 0.25) is 11.4 Å². The average Bonchev–Trinajstić information content (AvgIpc) is 3.23. The zero-order chi connectivity index (χ0) is 20.8. The molecule has 6 nitrogen and oxygen atoms in total. The highest BCUT2D eigenvalue weighted by molar-refractivity contribution is 6.31. The number of nitrogens with two attached hydrogens (primary N) is 1. The number of amides is 2. The molecule has 0 unspecified atom stereocenters. The van der Waals surface area contributed by atoms with Crippen LogP contribution in [0.2, 0.25) is 5.02 Å². The fraction of sp³-hybridized carbons (Fsp3) is 0.364. The van der Waals surface area contributed by atoms with E-state index in [1.807, 2.05) is 6.07 Å². The standard InChI is InChI=1S/C22H24ClN3O3/c1-12(2)19-11-17(20(27)24-14-5-7-15(29-3)8-6-14)22(26-19)16-10-13(23)4-9-18(16)25-21(22)28/h4-10,12,17,19,26H,11H2,1-3H3,(H,24,27)(H,25,28)/p+1/t17-,19-,22+/m1/s1. The van der Waals surface area contributed by atoms with Crippen molar-refractivity contribution in [1.29, 1.82) is 0 Å². The molecule has 7 heteroatoms. The van der Waals surface area contributed by atoms with Gasteiger partial charge in [0, 0.05) is 28.6 Å². The van der Waals surface area contributed by atoms with Crippen LogP contribution in [0.4, 0.5) is 11.4 Å². The molecule has 0 radical (unpaired) electrons. The number of nitrogens with one attached hydrogen (secondary N) is 2. The van der Waals surface area contributed by atoms with Crippen LogP contribution < -0.4 is 20.7 Å². The van der Waals surface area contributed by atoms with Gasteiger partial charge in [0.1, 0.15) is 11.7 Å². The van der Waals surface area contributed by atoms with Gasteiger partial charge in [-0.05, 0) is 42.5 Å². The Morgan fingerprint density at radius 1 is 1.28 bits per heavy atom. The van der Waals surface area contributed by atoms with Gasteiger partial charge in [0.15, 0.2) is 0 Å². The number of quaternary nitrogens is 1. The Labute approximate surface area is 175 Å². The third-order valence-electron chi connectivity index (χ3n) is 6.12. The summed E-state index contributed by atoms with van der Waals surface area (Å²) < 4.78 is 5.17. The lowest BCUT2D eigenvalue weighted by molar-refractivity contribution is -0.736. The van der Waals surface area contributed by atoms with Crippen LogP contribution in [-0.4, -0.2) is 25.0 Å². The second kappa shape index (κ2) is 7.35. The lowest BCUT2D eigenvalue weighted by Crippen LogP contribution is -2.99. The number of fused-ring (bicyclic) bond motifs is 2. The Bertz CT molecular complexity index is 960. The molecule has 29 heavy (non-hydrogen) atoms. The summed E-state index contributed by atoms with van der Waals surface area (Å²) in [7, 11) is 1.60. The predicted molar refractivity (Wildman–Crippen MR) is 112 cm³/mol. The smallest absolute Gasteiger partial charge is 0.291 e. The van der Waals surface area contributed by atoms with E-state index in [0.29, 0.717) is 28.8 Å². The van der Waals surface area contributed by atoms with Gasteiger partial charge in [-0.25, -0.2) is 0 Å². The van der Waals surface area contributed by atoms with E-state index in [2.05, 4.69) is 29.8 Å². The molecule has 0 aliphatic carbocycles. The quantitative estimate of drug-likeness (QED) is 0.719. The lowest BCUT2D eigenvalue weighted by atomic mass is 9.79. The highest BCUT2D eigenvalue weighted by atomic mass is 35.5. The zero-order valence-electron chi connectivity index (χ0n) is 16.7. The van der Waals surface area contributed by atoms with E-state index in [0.717, 1.165) is 11.3 Å².